The minimum absolute atomic E-state index is 0.0377. The first-order valence-electron chi connectivity index (χ1n) is 13.1. The quantitative estimate of drug-likeness (QED) is 0.453. The standard InChI is InChI=1S/C29H35N5O2S/c1-5-22(6-2)33-13-14-34-18-23(17-33)36-26-16-25(27-19(3)9-7-10-20(27)4)30-29(31-26)32-37-24-12-8-11-21(15-24)28(34)35/h7-12,15-16,22-23H,5-6,13-14,17-18H2,1-4H3,(H,30,31,32)/t23-/m1/s1. The van der Waals surface area contributed by atoms with E-state index in [9.17, 15) is 4.79 Å². The van der Waals surface area contributed by atoms with E-state index in [0.29, 0.717) is 36.5 Å². The first kappa shape index (κ1) is 25.5. The van der Waals surface area contributed by atoms with Crippen LogP contribution in [0.3, 0.4) is 0 Å². The normalized spacial score (nSPS) is 18.2. The molecule has 6 bridgehead atoms. The van der Waals surface area contributed by atoms with Crippen molar-refractivity contribution < 1.29 is 9.53 Å². The molecule has 1 amide bonds. The molecule has 0 spiro atoms. The summed E-state index contributed by atoms with van der Waals surface area (Å²) in [5, 5.41) is 0. The molecule has 3 heterocycles. The molecule has 0 unspecified atom stereocenters. The van der Waals surface area contributed by atoms with Crippen molar-refractivity contribution in [3.05, 3.63) is 65.2 Å². The molecule has 2 aromatic carbocycles. The van der Waals surface area contributed by atoms with Crippen molar-refractivity contribution in [2.45, 2.75) is 57.6 Å². The number of benzene rings is 2. The van der Waals surface area contributed by atoms with E-state index in [0.717, 1.165) is 53.2 Å². The molecule has 3 aromatic rings. The van der Waals surface area contributed by atoms with Crippen molar-refractivity contribution in [3.63, 3.8) is 0 Å². The Hall–Kier alpha value is -3.10. The summed E-state index contributed by atoms with van der Waals surface area (Å²) in [6, 6.07) is 16.4. The number of carbonyl (C=O) groups is 1. The van der Waals surface area contributed by atoms with Gasteiger partial charge in [-0.25, -0.2) is 4.98 Å². The third-order valence-corrected chi connectivity index (χ3v) is 8.11. The van der Waals surface area contributed by atoms with Crippen LogP contribution in [-0.4, -0.2) is 64.0 Å². The van der Waals surface area contributed by atoms with Crippen LogP contribution in [-0.2, 0) is 0 Å². The molecule has 2 aliphatic heterocycles. The summed E-state index contributed by atoms with van der Waals surface area (Å²) in [5.74, 6) is 1.04. The predicted octanol–water partition coefficient (Wildman–Crippen LogP) is 5.59. The van der Waals surface area contributed by atoms with Gasteiger partial charge in [0.1, 0.15) is 6.10 Å². The minimum atomic E-state index is -0.211. The topological polar surface area (TPSA) is 70.6 Å². The average molecular weight is 518 g/mol. The number of amides is 1. The maximum atomic E-state index is 13.6. The van der Waals surface area contributed by atoms with Crippen LogP contribution in [0, 0.1) is 13.8 Å². The highest BCUT2D eigenvalue weighted by Crippen LogP contribution is 2.31. The monoisotopic (exact) mass is 517 g/mol. The summed E-state index contributed by atoms with van der Waals surface area (Å²) in [5.41, 5.74) is 4.90. The van der Waals surface area contributed by atoms with Gasteiger partial charge in [0.05, 0.1) is 12.2 Å². The number of carbonyl (C=O) groups excluding carboxylic acids is 1. The number of hydrogen-bond acceptors (Lipinski definition) is 7. The Morgan fingerprint density at radius 2 is 1.78 bits per heavy atom. The summed E-state index contributed by atoms with van der Waals surface area (Å²) >= 11 is 1.40. The molecule has 5 rings (SSSR count). The largest absolute Gasteiger partial charge is 0.471 e. The smallest absolute Gasteiger partial charge is 0.254 e. The van der Waals surface area contributed by atoms with Gasteiger partial charge in [-0.15, -0.1) is 0 Å². The van der Waals surface area contributed by atoms with Crippen LogP contribution in [0.5, 0.6) is 5.88 Å². The summed E-state index contributed by atoms with van der Waals surface area (Å²) in [6.45, 7) is 11.4. The molecular formula is C29H35N5O2S. The van der Waals surface area contributed by atoms with Gasteiger partial charge in [-0.1, -0.05) is 38.1 Å². The molecule has 37 heavy (non-hydrogen) atoms. The number of ether oxygens (including phenoxy) is 1. The van der Waals surface area contributed by atoms with Gasteiger partial charge in [-0.3, -0.25) is 14.4 Å². The summed E-state index contributed by atoms with van der Waals surface area (Å²) in [4.78, 5) is 28.5. The van der Waals surface area contributed by atoms with Crippen molar-refractivity contribution >= 4 is 23.8 Å². The second kappa shape index (κ2) is 11.1. The number of aromatic nitrogens is 2. The Morgan fingerprint density at radius 1 is 1.03 bits per heavy atom. The van der Waals surface area contributed by atoms with Gasteiger partial charge in [-0.2, -0.15) is 4.98 Å². The van der Waals surface area contributed by atoms with Gasteiger partial charge >= 0.3 is 0 Å². The van der Waals surface area contributed by atoms with Crippen molar-refractivity contribution in [3.8, 4) is 17.1 Å². The molecule has 194 valence electrons. The molecule has 1 atom stereocenters. The second-order valence-electron chi connectivity index (χ2n) is 9.87. The fourth-order valence-electron chi connectivity index (χ4n) is 5.42. The van der Waals surface area contributed by atoms with E-state index in [1.54, 1.807) is 0 Å². The second-order valence-corrected chi connectivity index (χ2v) is 10.7. The molecule has 1 aromatic heterocycles. The molecule has 1 fully saturated rings. The Bertz CT molecular complexity index is 1260. The Morgan fingerprint density at radius 3 is 2.54 bits per heavy atom. The zero-order valence-electron chi connectivity index (χ0n) is 22.0. The lowest BCUT2D eigenvalue weighted by molar-refractivity contribution is 0.0686. The van der Waals surface area contributed by atoms with E-state index in [-0.39, 0.29) is 12.0 Å². The fourth-order valence-corrected chi connectivity index (χ4v) is 6.05. The average Bonchev–Trinajstić information content (AvgIpc) is 3.10. The van der Waals surface area contributed by atoms with Crippen molar-refractivity contribution in [2.24, 2.45) is 0 Å². The first-order valence-corrected chi connectivity index (χ1v) is 13.9. The number of fused-ring (bicyclic) bond motifs is 6. The fraction of sp³-hybridized carbons (Fsp3) is 0.414. The van der Waals surface area contributed by atoms with E-state index >= 15 is 0 Å². The van der Waals surface area contributed by atoms with Gasteiger partial charge in [0.15, 0.2) is 0 Å². The third-order valence-electron chi connectivity index (χ3n) is 7.33. The highest BCUT2D eigenvalue weighted by atomic mass is 32.2. The third kappa shape index (κ3) is 5.60. The van der Waals surface area contributed by atoms with Crippen LogP contribution in [0.1, 0.15) is 48.2 Å². The number of aryl methyl sites for hydroxylation is 2. The van der Waals surface area contributed by atoms with Crippen molar-refractivity contribution in [1.82, 2.24) is 19.8 Å². The number of rotatable bonds is 4. The van der Waals surface area contributed by atoms with Crippen LogP contribution in [0.15, 0.2) is 53.4 Å². The minimum Gasteiger partial charge on any atom is -0.471 e. The van der Waals surface area contributed by atoms with Gasteiger partial charge in [0.25, 0.3) is 5.91 Å². The van der Waals surface area contributed by atoms with Crippen LogP contribution < -0.4 is 9.46 Å². The zero-order chi connectivity index (χ0) is 25.9. The maximum Gasteiger partial charge on any atom is 0.254 e. The first-order chi connectivity index (χ1) is 17.9. The number of hydrogen-bond donors (Lipinski definition) is 1. The zero-order valence-corrected chi connectivity index (χ0v) is 22.8. The lowest BCUT2D eigenvalue weighted by atomic mass is 10.00. The van der Waals surface area contributed by atoms with Gasteiger partial charge < -0.3 is 9.64 Å². The molecule has 1 saturated heterocycles. The lowest BCUT2D eigenvalue weighted by Crippen LogP contribution is -2.42. The molecule has 8 heteroatoms. The highest BCUT2D eigenvalue weighted by molar-refractivity contribution is 8.00. The molecule has 1 N–H and O–H groups in total. The van der Waals surface area contributed by atoms with Crippen LogP contribution in [0.2, 0.25) is 0 Å². The van der Waals surface area contributed by atoms with Crippen LogP contribution >= 0.6 is 11.9 Å². The molecular weight excluding hydrogens is 482 g/mol. The SMILES string of the molecule is CCC(CC)N1CCN2C[C@@H](C1)Oc1cc(-c3c(C)cccc3C)nc(n1)NSc1cccc(c1)C2=O. The molecule has 2 aliphatic rings. The van der Waals surface area contributed by atoms with Gasteiger partial charge in [-0.05, 0) is 68.0 Å². The van der Waals surface area contributed by atoms with Crippen LogP contribution in [0.4, 0.5) is 5.95 Å². The van der Waals surface area contributed by atoms with E-state index in [1.165, 1.54) is 11.9 Å². The van der Waals surface area contributed by atoms with E-state index in [4.69, 9.17) is 14.7 Å². The predicted molar refractivity (Wildman–Crippen MR) is 149 cm³/mol. The van der Waals surface area contributed by atoms with E-state index in [1.807, 2.05) is 35.2 Å². The lowest BCUT2D eigenvalue weighted by Gasteiger charge is -2.30. The summed E-state index contributed by atoms with van der Waals surface area (Å²) < 4.78 is 9.89. The Balaban J connectivity index is 1.59. The number of nitrogens with one attached hydrogen (secondary N) is 1. The number of anilines is 1. The Kier molecular flexibility index (Phi) is 7.67. The summed E-state index contributed by atoms with van der Waals surface area (Å²) in [6.07, 6.45) is 1.92. The molecule has 0 aliphatic carbocycles. The molecule has 7 nitrogen and oxygen atoms in total. The Labute approximate surface area is 223 Å². The highest BCUT2D eigenvalue weighted by Gasteiger charge is 2.31. The summed E-state index contributed by atoms with van der Waals surface area (Å²) in [7, 11) is 0. The number of nitrogens with zero attached hydrogens (tertiary/aromatic N) is 4. The van der Waals surface area contributed by atoms with Gasteiger partial charge in [0, 0.05) is 47.8 Å². The molecule has 0 radical (unpaired) electrons. The molecule has 0 saturated carbocycles. The van der Waals surface area contributed by atoms with Crippen molar-refractivity contribution in [2.75, 3.05) is 30.9 Å². The van der Waals surface area contributed by atoms with Crippen molar-refractivity contribution in [1.29, 1.82) is 0 Å². The van der Waals surface area contributed by atoms with E-state index in [2.05, 4.69) is 55.5 Å². The van der Waals surface area contributed by atoms with E-state index < -0.39 is 0 Å². The van der Waals surface area contributed by atoms with Crippen LogP contribution in [0.25, 0.3) is 11.3 Å². The van der Waals surface area contributed by atoms with Gasteiger partial charge in [0.2, 0.25) is 11.8 Å². The maximum absolute atomic E-state index is 13.6.